The number of hydrogen-bond donors (Lipinski definition) is 2. The Kier molecular flexibility index (Phi) is 7.44. The van der Waals surface area contributed by atoms with Gasteiger partial charge in [-0.15, -0.1) is 0 Å². The van der Waals surface area contributed by atoms with Crippen molar-refractivity contribution in [2.24, 2.45) is 4.99 Å². The van der Waals surface area contributed by atoms with Gasteiger partial charge in [0, 0.05) is 38.8 Å². The maximum Gasteiger partial charge on any atom is 0.191 e. The fourth-order valence-electron chi connectivity index (χ4n) is 3.74. The van der Waals surface area contributed by atoms with E-state index in [0.29, 0.717) is 12.0 Å². The lowest BCUT2D eigenvalue weighted by Gasteiger charge is -2.21. The van der Waals surface area contributed by atoms with Crippen LogP contribution in [-0.4, -0.2) is 57.3 Å². The second kappa shape index (κ2) is 10.0. The van der Waals surface area contributed by atoms with Gasteiger partial charge in [0.25, 0.3) is 0 Å². The molecule has 0 aromatic heterocycles. The third-order valence-electron chi connectivity index (χ3n) is 5.33. The number of nitrogens with zero attached hydrogens (tertiary/aromatic N) is 2. The van der Waals surface area contributed by atoms with Crippen LogP contribution in [0.3, 0.4) is 0 Å². The minimum atomic E-state index is -3.70. The Morgan fingerprint density at radius 2 is 1.87 bits per heavy atom. The molecule has 1 aliphatic rings. The Morgan fingerprint density at radius 1 is 1.17 bits per heavy atom. The van der Waals surface area contributed by atoms with Crippen molar-refractivity contribution >= 4 is 15.8 Å². The van der Waals surface area contributed by atoms with Crippen LogP contribution in [0.4, 0.5) is 4.39 Å². The predicted octanol–water partition coefficient (Wildman–Crippen LogP) is 2.43. The summed E-state index contributed by atoms with van der Waals surface area (Å²) in [5, 5.41) is 6.42. The van der Waals surface area contributed by atoms with Crippen molar-refractivity contribution in [3.63, 3.8) is 0 Å². The highest BCUT2D eigenvalue weighted by Gasteiger charge is 2.29. The molecule has 0 amide bonds. The Morgan fingerprint density at radius 3 is 2.57 bits per heavy atom. The third-order valence-corrected chi connectivity index (χ3v) is 7.07. The summed E-state index contributed by atoms with van der Waals surface area (Å²) in [6.07, 6.45) is 0.973. The summed E-state index contributed by atoms with van der Waals surface area (Å²) in [4.78, 5) is 6.35. The van der Waals surface area contributed by atoms with Gasteiger partial charge >= 0.3 is 0 Å². The number of sulfone groups is 1. The molecule has 0 bridgehead atoms. The molecule has 2 aromatic rings. The van der Waals surface area contributed by atoms with Gasteiger partial charge in [0.05, 0.1) is 5.75 Å². The molecule has 0 aliphatic carbocycles. The van der Waals surface area contributed by atoms with Crippen molar-refractivity contribution in [3.05, 3.63) is 66.0 Å². The SMILES string of the molecule is CN=C(NCCS(=O)(=O)c1ccccc1F)NC1CC(C)N(Cc2ccccc2)C1. The van der Waals surface area contributed by atoms with Gasteiger partial charge in [0.1, 0.15) is 10.7 Å². The Balaban J connectivity index is 1.50. The number of guanidine groups is 1. The van der Waals surface area contributed by atoms with E-state index in [2.05, 4.69) is 39.6 Å². The van der Waals surface area contributed by atoms with E-state index in [0.717, 1.165) is 25.6 Å². The highest BCUT2D eigenvalue weighted by Crippen LogP contribution is 2.20. The molecule has 1 heterocycles. The first-order chi connectivity index (χ1) is 14.4. The molecule has 8 heteroatoms. The van der Waals surface area contributed by atoms with Crippen LogP contribution in [0.1, 0.15) is 18.9 Å². The zero-order valence-corrected chi connectivity index (χ0v) is 18.2. The quantitative estimate of drug-likeness (QED) is 0.519. The van der Waals surface area contributed by atoms with Crippen molar-refractivity contribution in [1.82, 2.24) is 15.5 Å². The lowest BCUT2D eigenvalue weighted by Crippen LogP contribution is -2.45. The van der Waals surface area contributed by atoms with E-state index in [9.17, 15) is 12.8 Å². The van der Waals surface area contributed by atoms with Crippen molar-refractivity contribution < 1.29 is 12.8 Å². The van der Waals surface area contributed by atoms with E-state index in [1.807, 2.05) is 18.2 Å². The first-order valence-corrected chi connectivity index (χ1v) is 11.8. The maximum absolute atomic E-state index is 13.8. The van der Waals surface area contributed by atoms with Crippen LogP contribution in [-0.2, 0) is 16.4 Å². The molecule has 3 rings (SSSR count). The Labute approximate surface area is 178 Å². The molecular weight excluding hydrogens is 403 g/mol. The largest absolute Gasteiger partial charge is 0.355 e. The summed E-state index contributed by atoms with van der Waals surface area (Å²) in [6.45, 7) is 4.13. The molecular formula is C22H29FN4O2S. The molecule has 2 aromatic carbocycles. The van der Waals surface area contributed by atoms with Gasteiger partial charge in [0.2, 0.25) is 0 Å². The molecule has 162 valence electrons. The number of halogens is 1. The zero-order valence-electron chi connectivity index (χ0n) is 17.4. The summed E-state index contributed by atoms with van der Waals surface area (Å²) >= 11 is 0. The van der Waals surface area contributed by atoms with Gasteiger partial charge in [-0.25, -0.2) is 12.8 Å². The number of rotatable bonds is 7. The fourth-order valence-corrected chi connectivity index (χ4v) is 4.98. The van der Waals surface area contributed by atoms with Gasteiger partial charge in [-0.3, -0.25) is 9.89 Å². The van der Waals surface area contributed by atoms with Gasteiger partial charge in [-0.2, -0.15) is 0 Å². The summed E-state index contributed by atoms with van der Waals surface area (Å²) in [7, 11) is -2.05. The van der Waals surface area contributed by atoms with Gasteiger partial charge in [-0.05, 0) is 31.0 Å². The number of nitrogens with one attached hydrogen (secondary N) is 2. The van der Waals surface area contributed by atoms with Crippen molar-refractivity contribution in [2.45, 2.75) is 36.9 Å². The highest BCUT2D eigenvalue weighted by atomic mass is 32.2. The van der Waals surface area contributed by atoms with Crippen LogP contribution >= 0.6 is 0 Å². The zero-order chi connectivity index (χ0) is 21.6. The number of hydrogen-bond acceptors (Lipinski definition) is 4. The van der Waals surface area contributed by atoms with Crippen LogP contribution in [0.5, 0.6) is 0 Å². The minimum Gasteiger partial charge on any atom is -0.355 e. The van der Waals surface area contributed by atoms with E-state index in [-0.39, 0.29) is 23.2 Å². The molecule has 1 aliphatic heterocycles. The smallest absolute Gasteiger partial charge is 0.191 e. The highest BCUT2D eigenvalue weighted by molar-refractivity contribution is 7.91. The van der Waals surface area contributed by atoms with E-state index < -0.39 is 15.7 Å². The average Bonchev–Trinajstić information content (AvgIpc) is 3.06. The van der Waals surface area contributed by atoms with Crippen LogP contribution in [0.25, 0.3) is 0 Å². The van der Waals surface area contributed by atoms with Crippen molar-refractivity contribution in [2.75, 3.05) is 25.9 Å². The minimum absolute atomic E-state index is 0.145. The number of aliphatic imine (C=N–C) groups is 1. The van der Waals surface area contributed by atoms with Crippen LogP contribution < -0.4 is 10.6 Å². The number of benzene rings is 2. The fraction of sp³-hybridized carbons (Fsp3) is 0.409. The number of likely N-dealkylation sites (tertiary alicyclic amines) is 1. The van der Waals surface area contributed by atoms with Gasteiger partial charge < -0.3 is 10.6 Å². The van der Waals surface area contributed by atoms with E-state index in [1.165, 1.54) is 23.8 Å². The molecule has 0 radical (unpaired) electrons. The molecule has 0 saturated carbocycles. The first-order valence-electron chi connectivity index (χ1n) is 10.1. The van der Waals surface area contributed by atoms with E-state index in [1.54, 1.807) is 7.05 Å². The lowest BCUT2D eigenvalue weighted by molar-refractivity contribution is 0.258. The molecule has 0 spiro atoms. The second-order valence-electron chi connectivity index (χ2n) is 7.59. The standard InChI is InChI=1S/C22H29FN4O2S/c1-17-14-19(16-27(17)15-18-8-4-3-5-9-18)26-22(24-2)25-12-13-30(28,29)21-11-7-6-10-20(21)23/h3-11,17,19H,12-16H2,1-2H3,(H2,24,25,26). The van der Waals surface area contributed by atoms with E-state index in [4.69, 9.17) is 0 Å². The predicted molar refractivity (Wildman–Crippen MR) is 118 cm³/mol. The third kappa shape index (κ3) is 5.79. The van der Waals surface area contributed by atoms with Crippen molar-refractivity contribution in [1.29, 1.82) is 0 Å². The van der Waals surface area contributed by atoms with E-state index >= 15 is 0 Å². The molecule has 1 fully saturated rings. The average molecular weight is 433 g/mol. The van der Waals surface area contributed by atoms with Gasteiger partial charge in [-0.1, -0.05) is 42.5 Å². The van der Waals surface area contributed by atoms with Crippen molar-refractivity contribution in [3.8, 4) is 0 Å². The topological polar surface area (TPSA) is 73.8 Å². The van der Waals surface area contributed by atoms with Crippen LogP contribution in [0.15, 0.2) is 64.5 Å². The molecule has 2 unspecified atom stereocenters. The summed E-state index contributed by atoms with van der Waals surface area (Å²) < 4.78 is 38.6. The molecule has 6 nitrogen and oxygen atoms in total. The van der Waals surface area contributed by atoms with Crippen LogP contribution in [0.2, 0.25) is 0 Å². The maximum atomic E-state index is 13.8. The second-order valence-corrected chi connectivity index (χ2v) is 9.67. The normalized spacial score (nSPS) is 20.3. The van der Waals surface area contributed by atoms with Crippen LogP contribution in [0, 0.1) is 5.82 Å². The summed E-state index contributed by atoms with van der Waals surface area (Å²) in [6, 6.07) is 16.5. The molecule has 1 saturated heterocycles. The molecule has 2 N–H and O–H groups in total. The van der Waals surface area contributed by atoms with Gasteiger partial charge in [0.15, 0.2) is 15.8 Å². The summed E-state index contributed by atoms with van der Waals surface area (Å²) in [5.74, 6) is -0.383. The Bertz CT molecular complexity index is 966. The lowest BCUT2D eigenvalue weighted by atomic mass is 10.2. The molecule has 2 atom stereocenters. The monoisotopic (exact) mass is 432 g/mol. The summed E-state index contributed by atoms with van der Waals surface area (Å²) in [5.41, 5.74) is 1.28. The first kappa shape index (κ1) is 22.2. The Hall–Kier alpha value is -2.45. The molecule has 30 heavy (non-hydrogen) atoms.